The summed E-state index contributed by atoms with van der Waals surface area (Å²) < 4.78 is 40.4. The highest BCUT2D eigenvalue weighted by Gasteiger charge is 2.58. The van der Waals surface area contributed by atoms with Crippen molar-refractivity contribution in [3.8, 4) is 0 Å². The summed E-state index contributed by atoms with van der Waals surface area (Å²) in [7, 11) is 1.32. The normalized spacial score (nSPS) is 21.7. The van der Waals surface area contributed by atoms with E-state index in [1.165, 1.54) is 18.2 Å². The van der Waals surface area contributed by atoms with Gasteiger partial charge in [-0.3, -0.25) is 9.47 Å². The fourth-order valence-corrected chi connectivity index (χ4v) is 7.11. The van der Waals surface area contributed by atoms with Gasteiger partial charge in [-0.2, -0.15) is 0 Å². The summed E-state index contributed by atoms with van der Waals surface area (Å²) in [6, 6.07) is 7.61. The third-order valence-corrected chi connectivity index (χ3v) is 9.10. The summed E-state index contributed by atoms with van der Waals surface area (Å²) in [6.45, 7) is 8.90. The maximum absolute atomic E-state index is 14.1. The van der Waals surface area contributed by atoms with Crippen LogP contribution in [-0.4, -0.2) is 51.7 Å². The number of piperidine rings is 1. The molecule has 3 aromatic rings. The number of ether oxygens (including phenoxy) is 2. The average Bonchev–Trinajstić information content (AvgIpc) is 3.65. The summed E-state index contributed by atoms with van der Waals surface area (Å²) in [5.41, 5.74) is 4.46. The maximum atomic E-state index is 14.1. The second-order valence-corrected chi connectivity index (χ2v) is 13.6. The zero-order valence-corrected chi connectivity index (χ0v) is 25.0. The van der Waals surface area contributed by atoms with Gasteiger partial charge in [0.1, 0.15) is 11.3 Å². The number of benzene rings is 1. The Morgan fingerprint density at radius 2 is 1.88 bits per heavy atom. The highest BCUT2D eigenvalue weighted by molar-refractivity contribution is 5.94. The van der Waals surface area contributed by atoms with Crippen LogP contribution in [-0.2, 0) is 16.0 Å². The minimum Gasteiger partial charge on any atom is -0.464 e. The smallest absolute Gasteiger partial charge is 0.418 e. The molecule has 3 fully saturated rings. The molecule has 1 atom stereocenters. The van der Waals surface area contributed by atoms with Crippen molar-refractivity contribution in [1.29, 1.82) is 0 Å². The first-order valence-electron chi connectivity index (χ1n) is 14.8. The van der Waals surface area contributed by atoms with E-state index < -0.39 is 29.0 Å². The number of hydrogen-bond donors (Lipinski definition) is 0. The third kappa shape index (κ3) is 5.43. The second kappa shape index (κ2) is 10.1. The number of carbonyl (C=O) groups is 2. The molecule has 1 aliphatic heterocycles. The molecule has 1 saturated heterocycles. The van der Waals surface area contributed by atoms with Gasteiger partial charge in [-0.15, -0.1) is 0 Å². The van der Waals surface area contributed by atoms with Gasteiger partial charge in [-0.25, -0.2) is 23.4 Å². The van der Waals surface area contributed by atoms with Crippen molar-refractivity contribution >= 4 is 23.0 Å². The lowest BCUT2D eigenvalue weighted by atomic mass is 9.59. The monoisotopic (exact) mass is 579 g/mol. The first kappa shape index (κ1) is 28.8. The van der Waals surface area contributed by atoms with Crippen LogP contribution in [0.15, 0.2) is 36.7 Å². The molecule has 2 aromatic heterocycles. The summed E-state index contributed by atoms with van der Waals surface area (Å²) in [5.74, 6) is -2.64. The molecule has 1 spiro atoms. The lowest BCUT2D eigenvalue weighted by Crippen LogP contribution is -2.53. The van der Waals surface area contributed by atoms with Gasteiger partial charge >= 0.3 is 12.1 Å². The number of nitrogens with zero attached hydrogens (tertiary/aromatic N) is 3. The van der Waals surface area contributed by atoms with E-state index in [4.69, 9.17) is 9.47 Å². The van der Waals surface area contributed by atoms with Crippen molar-refractivity contribution in [2.24, 2.45) is 5.41 Å². The SMILES string of the molecule is COC(=O)c1ccc(C2CC3(CCN2Cc2c(C4CC4)cc(C)c4c2ccn4C(=O)OC(C)(C)C)CC(F)(F)C3)cn1. The number of aromatic nitrogens is 2. The van der Waals surface area contributed by atoms with Gasteiger partial charge in [-0.1, -0.05) is 12.1 Å². The van der Waals surface area contributed by atoms with E-state index in [-0.39, 0.29) is 24.6 Å². The number of hydrogen-bond acceptors (Lipinski definition) is 6. The Bertz CT molecular complexity index is 1530. The molecule has 1 unspecified atom stereocenters. The molecule has 0 amide bonds. The molecule has 42 heavy (non-hydrogen) atoms. The molecule has 6 rings (SSSR count). The standard InChI is InChI=1S/C33H39F2N3O4/c1-20-14-24(21-6-7-21)25(23-10-12-38(28(20)23)30(40)42-31(2,3)4)17-37-13-11-32(18-33(34,35)19-32)15-27(37)22-8-9-26(36-16-22)29(39)41-5/h8-10,12,14,16,21,27H,6-7,11,13,15,17-19H2,1-5H3. The largest absolute Gasteiger partial charge is 0.464 e. The minimum atomic E-state index is -2.60. The van der Waals surface area contributed by atoms with Crippen molar-refractivity contribution < 1.29 is 27.8 Å². The number of carbonyl (C=O) groups excluding carboxylic acids is 2. The quantitative estimate of drug-likeness (QED) is 0.291. The molecule has 9 heteroatoms. The Morgan fingerprint density at radius 3 is 2.48 bits per heavy atom. The van der Waals surface area contributed by atoms with Crippen molar-refractivity contribution in [2.45, 2.75) is 96.2 Å². The van der Waals surface area contributed by atoms with Crippen LogP contribution in [0.3, 0.4) is 0 Å². The number of aryl methyl sites for hydroxylation is 1. The number of likely N-dealkylation sites (tertiary alicyclic amines) is 1. The second-order valence-electron chi connectivity index (χ2n) is 13.6. The lowest BCUT2D eigenvalue weighted by molar-refractivity contribution is -0.186. The summed E-state index contributed by atoms with van der Waals surface area (Å²) in [4.78, 5) is 31.9. The molecule has 2 saturated carbocycles. The average molecular weight is 580 g/mol. The topological polar surface area (TPSA) is 73.7 Å². The number of alkyl halides is 2. The van der Waals surface area contributed by atoms with E-state index in [1.807, 2.05) is 39.8 Å². The number of halogens is 2. The van der Waals surface area contributed by atoms with Crippen LogP contribution in [0.1, 0.15) is 104 Å². The van der Waals surface area contributed by atoms with Crippen LogP contribution < -0.4 is 0 Å². The van der Waals surface area contributed by atoms with Crippen LogP contribution in [0, 0.1) is 12.3 Å². The summed E-state index contributed by atoms with van der Waals surface area (Å²) in [6.07, 6.45) is 6.47. The minimum absolute atomic E-state index is 0.0845. The van der Waals surface area contributed by atoms with Gasteiger partial charge in [0.15, 0.2) is 0 Å². The molecular formula is C33H39F2N3O4. The van der Waals surface area contributed by atoms with Crippen molar-refractivity contribution in [3.63, 3.8) is 0 Å². The van der Waals surface area contributed by atoms with E-state index in [0.717, 1.165) is 34.9 Å². The van der Waals surface area contributed by atoms with Crippen LogP contribution in [0.4, 0.5) is 13.6 Å². The Balaban J connectivity index is 1.38. The van der Waals surface area contributed by atoms with E-state index in [9.17, 15) is 18.4 Å². The van der Waals surface area contributed by atoms with Gasteiger partial charge in [0, 0.05) is 43.2 Å². The molecule has 7 nitrogen and oxygen atoms in total. The third-order valence-electron chi connectivity index (χ3n) is 9.10. The molecule has 0 N–H and O–H groups in total. The van der Waals surface area contributed by atoms with Crippen LogP contribution in [0.5, 0.6) is 0 Å². The molecule has 3 heterocycles. The van der Waals surface area contributed by atoms with Gasteiger partial charge < -0.3 is 9.47 Å². The van der Waals surface area contributed by atoms with Crippen molar-refractivity contribution in [1.82, 2.24) is 14.5 Å². The number of pyridine rings is 1. The number of esters is 1. The fourth-order valence-electron chi connectivity index (χ4n) is 7.11. The van der Waals surface area contributed by atoms with Crippen LogP contribution >= 0.6 is 0 Å². The molecule has 2 aliphatic carbocycles. The van der Waals surface area contributed by atoms with Crippen LogP contribution in [0.2, 0.25) is 0 Å². The number of fused-ring (bicyclic) bond motifs is 1. The summed E-state index contributed by atoms with van der Waals surface area (Å²) >= 11 is 0. The molecule has 0 radical (unpaired) electrons. The Morgan fingerprint density at radius 1 is 1.14 bits per heavy atom. The highest BCUT2D eigenvalue weighted by Crippen LogP contribution is 2.60. The predicted molar refractivity (Wildman–Crippen MR) is 155 cm³/mol. The Kier molecular flexibility index (Phi) is 6.95. The molecule has 0 bridgehead atoms. The van der Waals surface area contributed by atoms with Crippen molar-refractivity contribution in [3.05, 3.63) is 64.6 Å². The van der Waals surface area contributed by atoms with E-state index in [0.29, 0.717) is 31.8 Å². The molecule has 3 aliphatic rings. The zero-order chi connectivity index (χ0) is 30.0. The molecular weight excluding hydrogens is 540 g/mol. The lowest BCUT2D eigenvalue weighted by Gasteiger charge is -2.54. The number of rotatable bonds is 5. The first-order valence-corrected chi connectivity index (χ1v) is 14.8. The van der Waals surface area contributed by atoms with Gasteiger partial charge in [0.25, 0.3) is 0 Å². The zero-order valence-electron chi connectivity index (χ0n) is 25.0. The predicted octanol–water partition coefficient (Wildman–Crippen LogP) is 7.54. The van der Waals surface area contributed by atoms with Gasteiger partial charge in [0.05, 0.1) is 12.6 Å². The van der Waals surface area contributed by atoms with Gasteiger partial charge in [0.2, 0.25) is 5.92 Å². The van der Waals surface area contributed by atoms with E-state index in [2.05, 4.69) is 16.0 Å². The Hall–Kier alpha value is -3.33. The molecule has 1 aromatic carbocycles. The number of methoxy groups -OCH3 is 1. The molecule has 224 valence electrons. The first-order chi connectivity index (χ1) is 19.8. The van der Waals surface area contributed by atoms with Gasteiger partial charge in [-0.05, 0) is 106 Å². The Labute approximate surface area is 245 Å². The highest BCUT2D eigenvalue weighted by atomic mass is 19.3. The summed E-state index contributed by atoms with van der Waals surface area (Å²) in [5, 5.41) is 1.02. The van der Waals surface area contributed by atoms with Crippen molar-refractivity contribution in [2.75, 3.05) is 13.7 Å². The van der Waals surface area contributed by atoms with Crippen LogP contribution in [0.25, 0.3) is 10.9 Å². The van der Waals surface area contributed by atoms with E-state index >= 15 is 0 Å². The van der Waals surface area contributed by atoms with E-state index in [1.54, 1.807) is 23.0 Å². The fraction of sp³-hybridized carbons (Fsp3) is 0.545. The maximum Gasteiger partial charge on any atom is 0.418 e.